The third kappa shape index (κ3) is 4.37. The van der Waals surface area contributed by atoms with Crippen molar-refractivity contribution in [3.63, 3.8) is 0 Å². The van der Waals surface area contributed by atoms with Gasteiger partial charge in [-0.15, -0.1) is 0 Å². The molecule has 0 aromatic heterocycles. The lowest BCUT2D eigenvalue weighted by Gasteiger charge is -2.26. The average Bonchev–Trinajstić information content (AvgIpc) is 2.42. The number of ether oxygens (including phenoxy) is 1. The minimum Gasteiger partial charge on any atom is -0.497 e. The summed E-state index contributed by atoms with van der Waals surface area (Å²) in [6.07, 6.45) is -3.12. The molecule has 0 spiro atoms. The summed E-state index contributed by atoms with van der Waals surface area (Å²) >= 11 is 0. The highest BCUT2D eigenvalue weighted by Gasteiger charge is 2.31. The Bertz CT molecular complexity index is 514. The third-order valence-corrected chi connectivity index (χ3v) is 3.70. The molecule has 116 valence electrons. The normalized spacial score (nSPS) is 18.0. The van der Waals surface area contributed by atoms with Crippen molar-refractivity contribution in [1.82, 2.24) is 5.32 Å². The molecule has 6 heteroatoms. The Balaban J connectivity index is 1.99. The van der Waals surface area contributed by atoms with E-state index in [0.717, 1.165) is 36.1 Å². The lowest BCUT2D eigenvalue weighted by molar-refractivity contribution is -0.153. The number of fused-ring (bicyclic) bond motifs is 1. The van der Waals surface area contributed by atoms with Gasteiger partial charge in [-0.05, 0) is 42.5 Å². The molecule has 0 saturated heterocycles. The van der Waals surface area contributed by atoms with Crippen LogP contribution in [0, 0.1) is 0 Å². The molecule has 1 aromatic carbocycles. The molecular formula is C15H18F3NO2. The molecule has 21 heavy (non-hydrogen) atoms. The standard InChI is InChI=1S/C15H18F3NO2/c1-21-12-5-6-13-10(7-12)3-2-4-11(13)9-19-14(20)8-15(16,17)18/h5-7,11H,2-4,8-9H2,1H3,(H,19,20)/t11-/m0/s1. The van der Waals surface area contributed by atoms with Crippen molar-refractivity contribution in [2.75, 3.05) is 13.7 Å². The highest BCUT2D eigenvalue weighted by molar-refractivity contribution is 5.76. The van der Waals surface area contributed by atoms with E-state index in [1.807, 2.05) is 18.2 Å². The number of hydrogen-bond acceptors (Lipinski definition) is 2. The van der Waals surface area contributed by atoms with Crippen LogP contribution in [0.5, 0.6) is 5.75 Å². The second-order valence-electron chi connectivity index (χ2n) is 5.25. The number of aryl methyl sites for hydroxylation is 1. The number of amides is 1. The van der Waals surface area contributed by atoms with Crippen LogP contribution in [0.3, 0.4) is 0 Å². The van der Waals surface area contributed by atoms with E-state index < -0.39 is 18.5 Å². The molecule has 0 unspecified atom stereocenters. The Kier molecular flexibility index (Phi) is 4.75. The predicted octanol–water partition coefficient (Wildman–Crippen LogP) is 3.18. The number of nitrogens with one attached hydrogen (secondary N) is 1. The lowest BCUT2D eigenvalue weighted by Crippen LogP contribution is -2.32. The summed E-state index contributed by atoms with van der Waals surface area (Å²) in [6, 6.07) is 5.74. The topological polar surface area (TPSA) is 38.3 Å². The molecule has 0 radical (unpaired) electrons. The van der Waals surface area contributed by atoms with Crippen molar-refractivity contribution in [2.24, 2.45) is 0 Å². The smallest absolute Gasteiger partial charge is 0.397 e. The fraction of sp³-hybridized carbons (Fsp3) is 0.533. The molecule has 1 N–H and O–H groups in total. The van der Waals surface area contributed by atoms with Crippen LogP contribution < -0.4 is 10.1 Å². The molecule has 1 amide bonds. The first-order valence-corrected chi connectivity index (χ1v) is 6.89. The molecule has 1 atom stereocenters. The average molecular weight is 301 g/mol. The Morgan fingerprint density at radius 1 is 1.43 bits per heavy atom. The Morgan fingerprint density at radius 2 is 2.19 bits per heavy atom. The second-order valence-corrected chi connectivity index (χ2v) is 5.25. The fourth-order valence-electron chi connectivity index (χ4n) is 2.71. The minimum absolute atomic E-state index is 0.0665. The highest BCUT2D eigenvalue weighted by atomic mass is 19.4. The van der Waals surface area contributed by atoms with Crippen LogP contribution >= 0.6 is 0 Å². The number of hydrogen-bond donors (Lipinski definition) is 1. The number of rotatable bonds is 4. The Morgan fingerprint density at radius 3 is 2.86 bits per heavy atom. The third-order valence-electron chi connectivity index (χ3n) is 3.70. The van der Waals surface area contributed by atoms with E-state index in [1.54, 1.807) is 7.11 Å². The van der Waals surface area contributed by atoms with Crippen LogP contribution in [0.25, 0.3) is 0 Å². The Labute approximate surface area is 121 Å². The van der Waals surface area contributed by atoms with E-state index in [4.69, 9.17) is 4.74 Å². The van der Waals surface area contributed by atoms with Gasteiger partial charge in [-0.1, -0.05) is 6.07 Å². The zero-order chi connectivity index (χ0) is 15.5. The second kappa shape index (κ2) is 6.37. The van der Waals surface area contributed by atoms with Crippen LogP contribution in [0.2, 0.25) is 0 Å². The summed E-state index contributed by atoms with van der Waals surface area (Å²) in [5.41, 5.74) is 2.24. The largest absolute Gasteiger partial charge is 0.497 e. The first-order chi connectivity index (χ1) is 9.89. The van der Waals surface area contributed by atoms with E-state index in [1.165, 1.54) is 0 Å². The van der Waals surface area contributed by atoms with Gasteiger partial charge < -0.3 is 10.1 Å². The summed E-state index contributed by atoms with van der Waals surface area (Å²) in [7, 11) is 1.60. The van der Waals surface area contributed by atoms with Crippen LogP contribution in [0.4, 0.5) is 13.2 Å². The lowest BCUT2D eigenvalue weighted by atomic mass is 9.82. The van der Waals surface area contributed by atoms with Gasteiger partial charge >= 0.3 is 6.18 Å². The van der Waals surface area contributed by atoms with Crippen molar-refractivity contribution in [3.05, 3.63) is 29.3 Å². The fourth-order valence-corrected chi connectivity index (χ4v) is 2.71. The van der Waals surface area contributed by atoms with E-state index in [2.05, 4.69) is 5.32 Å². The zero-order valence-electron chi connectivity index (χ0n) is 11.8. The number of alkyl halides is 3. The van der Waals surface area contributed by atoms with Crippen molar-refractivity contribution >= 4 is 5.91 Å². The summed E-state index contributed by atoms with van der Waals surface area (Å²) in [4.78, 5) is 11.3. The van der Waals surface area contributed by atoms with Crippen LogP contribution in [-0.4, -0.2) is 25.7 Å². The molecule has 0 bridgehead atoms. The van der Waals surface area contributed by atoms with Crippen LogP contribution in [0.1, 0.15) is 36.3 Å². The summed E-state index contributed by atoms with van der Waals surface area (Å²) in [5, 5.41) is 2.39. The molecule has 0 aliphatic heterocycles. The molecule has 2 rings (SSSR count). The molecule has 3 nitrogen and oxygen atoms in total. The van der Waals surface area contributed by atoms with E-state index in [0.29, 0.717) is 0 Å². The summed E-state index contributed by atoms with van der Waals surface area (Å²) in [5.74, 6) is -0.129. The highest BCUT2D eigenvalue weighted by Crippen LogP contribution is 2.33. The minimum atomic E-state index is -4.46. The molecule has 1 aromatic rings. The monoisotopic (exact) mass is 301 g/mol. The van der Waals surface area contributed by atoms with Gasteiger partial charge in [0.15, 0.2) is 0 Å². The predicted molar refractivity (Wildman–Crippen MR) is 72.4 cm³/mol. The number of carbonyl (C=O) groups excluding carboxylic acids is 1. The number of halogens is 3. The molecule has 0 heterocycles. The maximum atomic E-state index is 12.1. The van der Waals surface area contributed by atoms with E-state index in [9.17, 15) is 18.0 Å². The zero-order valence-corrected chi connectivity index (χ0v) is 11.8. The molecule has 1 aliphatic carbocycles. The molecular weight excluding hydrogens is 283 g/mol. The molecule has 0 saturated carbocycles. The van der Waals surface area contributed by atoms with Gasteiger partial charge in [0.1, 0.15) is 12.2 Å². The van der Waals surface area contributed by atoms with Crippen molar-refractivity contribution < 1.29 is 22.7 Å². The van der Waals surface area contributed by atoms with Crippen molar-refractivity contribution in [3.8, 4) is 5.75 Å². The van der Waals surface area contributed by atoms with E-state index >= 15 is 0 Å². The van der Waals surface area contributed by atoms with Crippen molar-refractivity contribution in [2.45, 2.75) is 37.8 Å². The van der Waals surface area contributed by atoms with Crippen molar-refractivity contribution in [1.29, 1.82) is 0 Å². The van der Waals surface area contributed by atoms with Gasteiger partial charge in [-0.3, -0.25) is 4.79 Å². The molecule has 1 aliphatic rings. The number of carbonyl (C=O) groups is 1. The van der Waals surface area contributed by atoms with Gasteiger partial charge in [0.2, 0.25) is 5.91 Å². The van der Waals surface area contributed by atoms with Gasteiger partial charge in [0.05, 0.1) is 7.11 Å². The quantitative estimate of drug-likeness (QED) is 0.927. The SMILES string of the molecule is COc1ccc2c(c1)CCC[C@H]2CNC(=O)CC(F)(F)F. The number of benzene rings is 1. The first-order valence-electron chi connectivity index (χ1n) is 6.89. The van der Waals surface area contributed by atoms with Gasteiger partial charge in [0, 0.05) is 12.5 Å². The number of methoxy groups -OCH3 is 1. The maximum Gasteiger partial charge on any atom is 0.397 e. The Hall–Kier alpha value is -1.72. The van der Waals surface area contributed by atoms with Crippen LogP contribution in [-0.2, 0) is 11.2 Å². The first kappa shape index (κ1) is 15.7. The molecule has 0 fully saturated rings. The van der Waals surface area contributed by atoms with Gasteiger partial charge in [0.25, 0.3) is 0 Å². The summed E-state index contributed by atoms with van der Waals surface area (Å²) < 4.78 is 41.5. The summed E-state index contributed by atoms with van der Waals surface area (Å²) in [6.45, 7) is 0.244. The van der Waals surface area contributed by atoms with E-state index in [-0.39, 0.29) is 12.5 Å². The maximum absolute atomic E-state index is 12.1. The van der Waals surface area contributed by atoms with Gasteiger partial charge in [-0.2, -0.15) is 13.2 Å². The van der Waals surface area contributed by atoms with Crippen LogP contribution in [0.15, 0.2) is 18.2 Å². The van der Waals surface area contributed by atoms with Gasteiger partial charge in [-0.25, -0.2) is 0 Å².